The maximum absolute atomic E-state index is 11.8. The molecule has 0 bridgehead atoms. The van der Waals surface area contributed by atoms with Crippen molar-refractivity contribution < 1.29 is 4.42 Å². The van der Waals surface area contributed by atoms with Crippen molar-refractivity contribution in [1.82, 2.24) is 4.57 Å². The molecule has 0 radical (unpaired) electrons. The van der Waals surface area contributed by atoms with Gasteiger partial charge in [0.15, 0.2) is 5.58 Å². The number of aryl methyl sites for hydroxylation is 1. The van der Waals surface area contributed by atoms with Crippen LogP contribution in [0.5, 0.6) is 0 Å². The third-order valence-corrected chi connectivity index (χ3v) is 4.01. The molecule has 0 spiro atoms. The number of fused-ring (bicyclic) bond motifs is 1. The van der Waals surface area contributed by atoms with Crippen molar-refractivity contribution in [2.45, 2.75) is 11.4 Å². The minimum absolute atomic E-state index is 0.334. The third kappa shape index (κ3) is 2.58. The van der Waals surface area contributed by atoms with E-state index in [2.05, 4.69) is 12.1 Å². The average molecular weight is 286 g/mol. The van der Waals surface area contributed by atoms with Crippen LogP contribution < -0.4 is 11.5 Å². The lowest BCUT2D eigenvalue weighted by atomic mass is 10.3. The maximum atomic E-state index is 11.8. The van der Waals surface area contributed by atoms with Crippen molar-refractivity contribution in [3.05, 3.63) is 59.1 Å². The summed E-state index contributed by atoms with van der Waals surface area (Å²) < 4.78 is 6.83. The van der Waals surface area contributed by atoms with E-state index in [1.54, 1.807) is 34.5 Å². The predicted molar refractivity (Wildman–Crippen MR) is 82.1 cm³/mol. The van der Waals surface area contributed by atoms with E-state index in [-0.39, 0.29) is 5.76 Å². The summed E-state index contributed by atoms with van der Waals surface area (Å²) in [5, 5.41) is 0. The SMILES string of the molecule is Nc1ccc2oc(=O)n(CCSc3ccccc3)c2c1. The van der Waals surface area contributed by atoms with Gasteiger partial charge in [0.05, 0.1) is 5.52 Å². The van der Waals surface area contributed by atoms with Gasteiger partial charge in [0.25, 0.3) is 0 Å². The molecule has 0 saturated heterocycles. The number of rotatable bonds is 4. The number of benzene rings is 2. The highest BCUT2D eigenvalue weighted by Crippen LogP contribution is 2.19. The lowest BCUT2D eigenvalue weighted by molar-refractivity contribution is 0.514. The zero-order chi connectivity index (χ0) is 13.9. The Morgan fingerprint density at radius 1 is 1.15 bits per heavy atom. The van der Waals surface area contributed by atoms with E-state index in [0.717, 1.165) is 11.3 Å². The summed E-state index contributed by atoms with van der Waals surface area (Å²) in [6, 6.07) is 15.3. The summed E-state index contributed by atoms with van der Waals surface area (Å²) in [6.07, 6.45) is 0. The van der Waals surface area contributed by atoms with Crippen molar-refractivity contribution in [2.24, 2.45) is 0 Å². The van der Waals surface area contributed by atoms with Crippen LogP contribution in [-0.4, -0.2) is 10.3 Å². The smallest absolute Gasteiger partial charge is 0.408 e. The molecule has 2 aromatic carbocycles. The Bertz CT molecular complexity index is 777. The van der Waals surface area contributed by atoms with Crippen LogP contribution in [0, 0.1) is 0 Å². The third-order valence-electron chi connectivity index (χ3n) is 3.02. The van der Waals surface area contributed by atoms with Crippen LogP contribution >= 0.6 is 11.8 Å². The second kappa shape index (κ2) is 5.46. The Morgan fingerprint density at radius 2 is 1.95 bits per heavy atom. The van der Waals surface area contributed by atoms with Gasteiger partial charge in [-0.2, -0.15) is 0 Å². The standard InChI is InChI=1S/C15H14N2O2S/c16-11-6-7-14-13(10-11)17(15(18)19-14)8-9-20-12-4-2-1-3-5-12/h1-7,10H,8-9,16H2. The Morgan fingerprint density at radius 3 is 2.75 bits per heavy atom. The predicted octanol–water partition coefficient (Wildman–Crippen LogP) is 2.97. The number of nitrogen functional groups attached to an aromatic ring is 1. The van der Waals surface area contributed by atoms with Gasteiger partial charge in [0.2, 0.25) is 0 Å². The highest BCUT2D eigenvalue weighted by atomic mass is 32.2. The first-order valence-corrected chi connectivity index (χ1v) is 7.29. The van der Waals surface area contributed by atoms with Gasteiger partial charge in [0, 0.05) is 22.9 Å². The summed E-state index contributed by atoms with van der Waals surface area (Å²) in [4.78, 5) is 13.0. The van der Waals surface area contributed by atoms with Gasteiger partial charge >= 0.3 is 5.76 Å². The monoisotopic (exact) mass is 286 g/mol. The molecule has 3 aromatic rings. The summed E-state index contributed by atoms with van der Waals surface area (Å²) >= 11 is 1.71. The van der Waals surface area contributed by atoms with Crippen molar-refractivity contribution in [2.75, 3.05) is 11.5 Å². The molecule has 0 aliphatic heterocycles. The summed E-state index contributed by atoms with van der Waals surface area (Å²) in [7, 11) is 0. The fourth-order valence-corrected chi connectivity index (χ4v) is 2.92. The lowest BCUT2D eigenvalue weighted by Crippen LogP contribution is -2.15. The van der Waals surface area contributed by atoms with Crippen LogP contribution in [0.3, 0.4) is 0 Å². The Labute approximate surface area is 120 Å². The van der Waals surface area contributed by atoms with Gasteiger partial charge in [-0.05, 0) is 30.3 Å². The van der Waals surface area contributed by atoms with Gasteiger partial charge in [-0.1, -0.05) is 18.2 Å². The van der Waals surface area contributed by atoms with Crippen molar-refractivity contribution in [3.8, 4) is 0 Å². The number of thioether (sulfide) groups is 1. The minimum atomic E-state index is -0.334. The van der Waals surface area contributed by atoms with Crippen LogP contribution in [0.1, 0.15) is 0 Å². The first-order valence-electron chi connectivity index (χ1n) is 6.31. The normalized spacial score (nSPS) is 11.0. The molecule has 20 heavy (non-hydrogen) atoms. The fraction of sp³-hybridized carbons (Fsp3) is 0.133. The van der Waals surface area contributed by atoms with E-state index in [1.165, 1.54) is 4.90 Å². The van der Waals surface area contributed by atoms with Gasteiger partial charge in [-0.25, -0.2) is 4.79 Å². The maximum Gasteiger partial charge on any atom is 0.419 e. The number of aromatic nitrogens is 1. The highest BCUT2D eigenvalue weighted by molar-refractivity contribution is 7.99. The number of anilines is 1. The molecule has 1 heterocycles. The molecule has 5 heteroatoms. The van der Waals surface area contributed by atoms with E-state index in [9.17, 15) is 4.79 Å². The summed E-state index contributed by atoms with van der Waals surface area (Å²) in [5.74, 6) is 0.465. The first kappa shape index (κ1) is 12.9. The van der Waals surface area contributed by atoms with Crippen LogP contribution in [0.2, 0.25) is 0 Å². The van der Waals surface area contributed by atoms with Gasteiger partial charge in [-0.15, -0.1) is 11.8 Å². The van der Waals surface area contributed by atoms with E-state index < -0.39 is 0 Å². The molecular formula is C15H14N2O2S. The van der Waals surface area contributed by atoms with Crippen molar-refractivity contribution in [3.63, 3.8) is 0 Å². The zero-order valence-electron chi connectivity index (χ0n) is 10.8. The molecule has 0 unspecified atom stereocenters. The van der Waals surface area contributed by atoms with Gasteiger partial charge in [-0.3, -0.25) is 4.57 Å². The van der Waals surface area contributed by atoms with Gasteiger partial charge in [0.1, 0.15) is 0 Å². The number of oxazole rings is 1. The van der Waals surface area contributed by atoms with Crippen molar-refractivity contribution >= 4 is 28.5 Å². The average Bonchev–Trinajstić information content (AvgIpc) is 2.76. The molecule has 4 nitrogen and oxygen atoms in total. The number of hydrogen-bond donors (Lipinski definition) is 1. The first-order chi connectivity index (χ1) is 9.74. The Hall–Kier alpha value is -2.14. The molecule has 0 aliphatic rings. The molecule has 1 aromatic heterocycles. The minimum Gasteiger partial charge on any atom is -0.408 e. The largest absolute Gasteiger partial charge is 0.419 e. The highest BCUT2D eigenvalue weighted by Gasteiger charge is 2.09. The number of nitrogens with zero attached hydrogens (tertiary/aromatic N) is 1. The van der Waals surface area contributed by atoms with Gasteiger partial charge < -0.3 is 10.2 Å². The second-order valence-corrected chi connectivity index (χ2v) is 5.58. The van der Waals surface area contributed by atoms with E-state index in [1.807, 2.05) is 18.2 Å². The second-order valence-electron chi connectivity index (χ2n) is 4.41. The Kier molecular flexibility index (Phi) is 3.52. The molecule has 0 amide bonds. The molecular weight excluding hydrogens is 272 g/mol. The van der Waals surface area contributed by atoms with Crippen LogP contribution in [0.25, 0.3) is 11.1 Å². The van der Waals surface area contributed by atoms with Crippen molar-refractivity contribution in [1.29, 1.82) is 0 Å². The van der Waals surface area contributed by atoms with Crippen LogP contribution in [-0.2, 0) is 6.54 Å². The number of hydrogen-bond acceptors (Lipinski definition) is 4. The topological polar surface area (TPSA) is 61.2 Å². The van der Waals surface area contributed by atoms with E-state index >= 15 is 0 Å². The molecule has 2 N–H and O–H groups in total. The zero-order valence-corrected chi connectivity index (χ0v) is 11.6. The molecule has 0 saturated carbocycles. The fourth-order valence-electron chi connectivity index (χ4n) is 2.06. The molecule has 0 atom stereocenters. The molecule has 3 rings (SSSR count). The summed E-state index contributed by atoms with van der Waals surface area (Å²) in [6.45, 7) is 0.592. The van der Waals surface area contributed by atoms with E-state index in [4.69, 9.17) is 10.2 Å². The van der Waals surface area contributed by atoms with Crippen LogP contribution in [0.15, 0.2) is 62.6 Å². The quantitative estimate of drug-likeness (QED) is 0.591. The summed E-state index contributed by atoms with van der Waals surface area (Å²) in [5.41, 5.74) is 7.72. The molecule has 0 aliphatic carbocycles. The Balaban J connectivity index is 1.79. The lowest BCUT2D eigenvalue weighted by Gasteiger charge is -2.03. The molecule has 0 fully saturated rings. The van der Waals surface area contributed by atoms with E-state index in [0.29, 0.717) is 17.8 Å². The molecule has 102 valence electrons. The number of nitrogens with two attached hydrogens (primary N) is 1. The van der Waals surface area contributed by atoms with Crippen LogP contribution in [0.4, 0.5) is 5.69 Å².